The normalized spacial score (nSPS) is 11.5. The van der Waals surface area contributed by atoms with Gasteiger partial charge in [-0.1, -0.05) is 6.07 Å². The van der Waals surface area contributed by atoms with Crippen LogP contribution in [0.3, 0.4) is 0 Å². The summed E-state index contributed by atoms with van der Waals surface area (Å²) < 4.78 is 10.4. The van der Waals surface area contributed by atoms with E-state index in [1.54, 1.807) is 26.4 Å². The number of hydrogen-bond donors (Lipinski definition) is 3. The van der Waals surface area contributed by atoms with Gasteiger partial charge in [0.15, 0.2) is 11.5 Å². The first-order chi connectivity index (χ1) is 8.97. The van der Waals surface area contributed by atoms with Crippen molar-refractivity contribution in [2.45, 2.75) is 19.4 Å². The van der Waals surface area contributed by atoms with Crippen molar-refractivity contribution in [3.63, 3.8) is 0 Å². The summed E-state index contributed by atoms with van der Waals surface area (Å²) in [7, 11) is 3.12. The lowest BCUT2D eigenvalue weighted by atomic mass is 10.1. The first kappa shape index (κ1) is 14.8. The molecule has 0 saturated heterocycles. The van der Waals surface area contributed by atoms with Crippen LogP contribution in [0.25, 0.3) is 0 Å². The SMILES string of the molecule is COc1ccc([C@H](C)NC(=O)CC(=N)N)cc1OC. The Balaban J connectivity index is 2.79. The maximum Gasteiger partial charge on any atom is 0.228 e. The minimum atomic E-state index is -0.283. The quantitative estimate of drug-likeness (QED) is 0.532. The molecule has 104 valence electrons. The number of methoxy groups -OCH3 is 2. The third kappa shape index (κ3) is 4.17. The van der Waals surface area contributed by atoms with Gasteiger partial charge in [-0.2, -0.15) is 0 Å². The summed E-state index contributed by atoms with van der Waals surface area (Å²) in [5, 5.41) is 9.83. The van der Waals surface area contributed by atoms with Crippen LogP contribution in [0, 0.1) is 5.41 Å². The van der Waals surface area contributed by atoms with Crippen molar-refractivity contribution in [1.29, 1.82) is 5.41 Å². The predicted molar refractivity (Wildman–Crippen MR) is 72.6 cm³/mol. The minimum Gasteiger partial charge on any atom is -0.493 e. The smallest absolute Gasteiger partial charge is 0.228 e. The summed E-state index contributed by atoms with van der Waals surface area (Å²) >= 11 is 0. The number of nitrogens with one attached hydrogen (secondary N) is 2. The van der Waals surface area contributed by atoms with Gasteiger partial charge in [-0.05, 0) is 24.6 Å². The molecule has 1 amide bonds. The molecule has 0 saturated carbocycles. The van der Waals surface area contributed by atoms with E-state index in [1.807, 2.05) is 13.0 Å². The Morgan fingerprint density at radius 2 is 2.00 bits per heavy atom. The molecule has 0 spiro atoms. The Morgan fingerprint density at radius 3 is 2.53 bits per heavy atom. The molecule has 0 radical (unpaired) electrons. The Labute approximate surface area is 112 Å². The number of rotatable bonds is 6. The lowest BCUT2D eigenvalue weighted by Crippen LogP contribution is -2.30. The van der Waals surface area contributed by atoms with E-state index >= 15 is 0 Å². The number of nitrogens with two attached hydrogens (primary N) is 1. The molecule has 0 unspecified atom stereocenters. The summed E-state index contributed by atoms with van der Waals surface area (Å²) in [5.41, 5.74) is 6.06. The van der Waals surface area contributed by atoms with Gasteiger partial charge in [0, 0.05) is 0 Å². The fourth-order valence-corrected chi connectivity index (χ4v) is 1.67. The standard InChI is InChI=1S/C13H19N3O3/c1-8(16-13(17)7-12(14)15)9-4-5-10(18-2)11(6-9)19-3/h4-6,8H,7H2,1-3H3,(H3,14,15)(H,16,17)/t8-/m0/s1. The number of hydrogen-bond acceptors (Lipinski definition) is 4. The third-order valence-electron chi connectivity index (χ3n) is 2.64. The molecule has 1 aromatic carbocycles. The fraction of sp³-hybridized carbons (Fsp3) is 0.385. The predicted octanol–water partition coefficient (Wildman–Crippen LogP) is 1.21. The topological polar surface area (TPSA) is 97.4 Å². The summed E-state index contributed by atoms with van der Waals surface area (Å²) in [5.74, 6) is 0.799. The van der Waals surface area contributed by atoms with Crippen LogP contribution in [-0.4, -0.2) is 26.0 Å². The van der Waals surface area contributed by atoms with Crippen molar-refractivity contribution in [3.05, 3.63) is 23.8 Å². The highest BCUT2D eigenvalue weighted by Gasteiger charge is 2.13. The molecule has 1 atom stereocenters. The van der Waals surface area contributed by atoms with Gasteiger partial charge in [0.25, 0.3) is 0 Å². The minimum absolute atomic E-state index is 0.0996. The number of amides is 1. The average Bonchev–Trinajstić information content (AvgIpc) is 2.36. The van der Waals surface area contributed by atoms with Crippen LogP contribution in [0.5, 0.6) is 11.5 Å². The van der Waals surface area contributed by atoms with Crippen molar-refractivity contribution in [3.8, 4) is 11.5 Å². The molecule has 0 aliphatic heterocycles. The zero-order valence-electron chi connectivity index (χ0n) is 11.3. The lowest BCUT2D eigenvalue weighted by molar-refractivity contribution is -0.120. The highest BCUT2D eigenvalue weighted by atomic mass is 16.5. The van der Waals surface area contributed by atoms with E-state index in [-0.39, 0.29) is 24.2 Å². The number of benzene rings is 1. The average molecular weight is 265 g/mol. The molecule has 6 nitrogen and oxygen atoms in total. The summed E-state index contributed by atoms with van der Waals surface area (Å²) in [6.07, 6.45) is -0.0996. The molecule has 0 aliphatic rings. The number of amidine groups is 1. The van der Waals surface area contributed by atoms with Gasteiger partial charge >= 0.3 is 0 Å². The Bertz CT molecular complexity index is 474. The second-order valence-corrected chi connectivity index (χ2v) is 4.11. The van der Waals surface area contributed by atoms with Gasteiger partial charge in [-0.3, -0.25) is 10.2 Å². The van der Waals surface area contributed by atoms with Crippen LogP contribution in [0.1, 0.15) is 24.9 Å². The molecule has 1 aromatic rings. The van der Waals surface area contributed by atoms with Crippen LogP contribution >= 0.6 is 0 Å². The molecule has 1 rings (SSSR count). The van der Waals surface area contributed by atoms with Gasteiger partial charge in [0.1, 0.15) is 0 Å². The second-order valence-electron chi connectivity index (χ2n) is 4.11. The first-order valence-electron chi connectivity index (χ1n) is 5.82. The van der Waals surface area contributed by atoms with E-state index in [0.717, 1.165) is 5.56 Å². The van der Waals surface area contributed by atoms with Crippen molar-refractivity contribution in [2.24, 2.45) is 5.73 Å². The Hall–Kier alpha value is -2.24. The highest BCUT2D eigenvalue weighted by molar-refractivity contribution is 5.97. The second kappa shape index (κ2) is 6.63. The van der Waals surface area contributed by atoms with E-state index in [2.05, 4.69) is 5.32 Å². The van der Waals surface area contributed by atoms with Crippen molar-refractivity contribution >= 4 is 11.7 Å². The van der Waals surface area contributed by atoms with Gasteiger partial charge in [0.2, 0.25) is 5.91 Å². The fourth-order valence-electron chi connectivity index (χ4n) is 1.67. The van der Waals surface area contributed by atoms with Gasteiger partial charge in [-0.25, -0.2) is 0 Å². The zero-order valence-corrected chi connectivity index (χ0v) is 11.3. The van der Waals surface area contributed by atoms with Crippen molar-refractivity contribution in [1.82, 2.24) is 5.32 Å². The van der Waals surface area contributed by atoms with Gasteiger partial charge < -0.3 is 20.5 Å². The molecule has 0 fully saturated rings. The molecule has 0 aromatic heterocycles. The van der Waals surface area contributed by atoms with Crippen LogP contribution in [0.2, 0.25) is 0 Å². The number of carbonyl (C=O) groups excluding carboxylic acids is 1. The molecule has 6 heteroatoms. The van der Waals surface area contributed by atoms with Gasteiger partial charge in [0.05, 0.1) is 32.5 Å². The monoisotopic (exact) mass is 265 g/mol. The summed E-state index contributed by atoms with van der Waals surface area (Å²) in [4.78, 5) is 11.5. The van der Waals surface area contributed by atoms with Crippen LogP contribution in [-0.2, 0) is 4.79 Å². The number of ether oxygens (including phenoxy) is 2. The van der Waals surface area contributed by atoms with E-state index in [4.69, 9.17) is 20.6 Å². The molecule has 0 bridgehead atoms. The Morgan fingerprint density at radius 1 is 1.37 bits per heavy atom. The molecule has 4 N–H and O–H groups in total. The summed E-state index contributed by atoms with van der Waals surface area (Å²) in [6, 6.07) is 5.23. The first-order valence-corrected chi connectivity index (χ1v) is 5.82. The van der Waals surface area contributed by atoms with Gasteiger partial charge in [-0.15, -0.1) is 0 Å². The van der Waals surface area contributed by atoms with E-state index < -0.39 is 0 Å². The van der Waals surface area contributed by atoms with E-state index in [0.29, 0.717) is 11.5 Å². The molecular formula is C13H19N3O3. The van der Waals surface area contributed by atoms with Crippen LogP contribution in [0.4, 0.5) is 0 Å². The van der Waals surface area contributed by atoms with Crippen LogP contribution < -0.4 is 20.5 Å². The Kier molecular flexibility index (Phi) is 5.17. The molecule has 19 heavy (non-hydrogen) atoms. The summed E-state index contributed by atoms with van der Waals surface area (Å²) in [6.45, 7) is 1.85. The number of carbonyl (C=O) groups is 1. The van der Waals surface area contributed by atoms with Crippen LogP contribution in [0.15, 0.2) is 18.2 Å². The molecule has 0 heterocycles. The maximum atomic E-state index is 11.5. The highest BCUT2D eigenvalue weighted by Crippen LogP contribution is 2.29. The lowest BCUT2D eigenvalue weighted by Gasteiger charge is -2.16. The van der Waals surface area contributed by atoms with E-state index in [9.17, 15) is 4.79 Å². The maximum absolute atomic E-state index is 11.5. The molecular weight excluding hydrogens is 246 g/mol. The van der Waals surface area contributed by atoms with Crippen molar-refractivity contribution < 1.29 is 14.3 Å². The molecule has 0 aliphatic carbocycles. The zero-order chi connectivity index (χ0) is 14.4. The third-order valence-corrected chi connectivity index (χ3v) is 2.64. The largest absolute Gasteiger partial charge is 0.493 e. The van der Waals surface area contributed by atoms with E-state index in [1.165, 1.54) is 0 Å². The van der Waals surface area contributed by atoms with Crippen molar-refractivity contribution in [2.75, 3.05) is 14.2 Å².